The minimum absolute atomic E-state index is 0. The Bertz CT molecular complexity index is 147. The molecule has 0 heterocycles. The summed E-state index contributed by atoms with van der Waals surface area (Å²) >= 11 is 0. The molecule has 0 aromatic rings. The zero-order valence-corrected chi connectivity index (χ0v) is 12.3. The van der Waals surface area contributed by atoms with Gasteiger partial charge in [0.05, 0.1) is 11.9 Å². The fraction of sp³-hybridized carbons (Fsp3) is 0.714. The first-order valence-electron chi connectivity index (χ1n) is 3.51. The molecule has 64 valence electrons. The van der Waals surface area contributed by atoms with Crippen molar-refractivity contribution in [3.05, 3.63) is 0 Å². The maximum atomic E-state index is 10.1. The van der Waals surface area contributed by atoms with Crippen LogP contribution in [0.25, 0.3) is 0 Å². The summed E-state index contributed by atoms with van der Waals surface area (Å²) in [5, 5.41) is 20.2. The molecule has 0 bridgehead atoms. The predicted octanol–water partition coefficient (Wildman–Crippen LogP) is -7.70. The van der Waals surface area contributed by atoms with Crippen LogP contribution < -0.4 is 69.3 Å². The normalized spacial score (nSPS) is 8.46. The van der Waals surface area contributed by atoms with E-state index < -0.39 is 17.9 Å². The van der Waals surface area contributed by atoms with Crippen LogP contribution in [0.2, 0.25) is 0 Å². The maximum Gasteiger partial charge on any atom is 1.00 e. The van der Waals surface area contributed by atoms with E-state index in [0.29, 0.717) is 6.42 Å². The number of carboxylic acids is 2. The van der Waals surface area contributed by atoms with Crippen molar-refractivity contribution in [3.63, 3.8) is 0 Å². The van der Waals surface area contributed by atoms with E-state index in [1.807, 2.05) is 6.92 Å². The van der Waals surface area contributed by atoms with E-state index in [1.165, 1.54) is 0 Å². The second-order valence-corrected chi connectivity index (χ2v) is 2.33. The van der Waals surface area contributed by atoms with Gasteiger partial charge in [-0.3, -0.25) is 0 Å². The van der Waals surface area contributed by atoms with Crippen LogP contribution in [0.1, 0.15) is 26.2 Å². The summed E-state index contributed by atoms with van der Waals surface area (Å²) in [6.07, 6.45) is 1.42. The van der Waals surface area contributed by atoms with Gasteiger partial charge in [0.15, 0.2) is 0 Å². The molecule has 13 heavy (non-hydrogen) atoms. The van der Waals surface area contributed by atoms with Crippen molar-refractivity contribution in [2.45, 2.75) is 26.2 Å². The minimum atomic E-state index is -1.56. The zero-order chi connectivity index (χ0) is 8.85. The molecule has 0 fully saturated rings. The predicted molar refractivity (Wildman–Crippen MR) is 33.0 cm³/mol. The summed E-state index contributed by atoms with van der Waals surface area (Å²) in [5.41, 5.74) is 0. The Balaban J connectivity index is -0.000000500. The van der Waals surface area contributed by atoms with Gasteiger partial charge >= 0.3 is 59.1 Å². The zero-order valence-electron chi connectivity index (χ0n) is 8.33. The molecule has 0 saturated carbocycles. The summed E-state index contributed by atoms with van der Waals surface area (Å²) in [4.78, 5) is 20.2. The van der Waals surface area contributed by atoms with Crippen LogP contribution in [-0.2, 0) is 9.59 Å². The largest absolute Gasteiger partial charge is 1.00 e. The fourth-order valence-corrected chi connectivity index (χ4v) is 0.740. The van der Waals surface area contributed by atoms with Gasteiger partial charge in [-0.15, -0.1) is 0 Å². The molecule has 0 radical (unpaired) electrons. The third kappa shape index (κ3) is 9.25. The van der Waals surface area contributed by atoms with Crippen molar-refractivity contribution in [2.24, 2.45) is 5.92 Å². The average molecular weight is 204 g/mol. The molecular weight excluding hydrogens is 194 g/mol. The fourth-order valence-electron chi connectivity index (χ4n) is 0.740. The first-order chi connectivity index (χ1) is 5.09. The molecule has 0 aliphatic carbocycles. The molecule has 0 N–H and O–H groups in total. The Morgan fingerprint density at radius 2 is 1.54 bits per heavy atom. The molecule has 0 aliphatic rings. The van der Waals surface area contributed by atoms with E-state index >= 15 is 0 Å². The van der Waals surface area contributed by atoms with Gasteiger partial charge in [-0.25, -0.2) is 0 Å². The second kappa shape index (κ2) is 11.0. The van der Waals surface area contributed by atoms with Gasteiger partial charge in [0.2, 0.25) is 0 Å². The van der Waals surface area contributed by atoms with Crippen molar-refractivity contribution in [1.82, 2.24) is 0 Å². The van der Waals surface area contributed by atoms with Crippen LogP contribution >= 0.6 is 0 Å². The first-order valence-corrected chi connectivity index (χ1v) is 3.51. The number of carboxylic acid groups (broad SMARTS) is 2. The van der Waals surface area contributed by atoms with Gasteiger partial charge in [-0.05, 0) is 6.42 Å². The Morgan fingerprint density at radius 1 is 1.15 bits per heavy atom. The van der Waals surface area contributed by atoms with Gasteiger partial charge in [0.1, 0.15) is 0 Å². The van der Waals surface area contributed by atoms with Gasteiger partial charge in [-0.2, -0.15) is 0 Å². The number of rotatable bonds is 5. The summed E-state index contributed by atoms with van der Waals surface area (Å²) in [5.74, 6) is -4.56. The van der Waals surface area contributed by atoms with Gasteiger partial charge < -0.3 is 19.8 Å². The van der Waals surface area contributed by atoms with Crippen molar-refractivity contribution < 1.29 is 78.9 Å². The molecule has 4 nitrogen and oxygen atoms in total. The number of aliphatic carboxylic acids is 2. The van der Waals surface area contributed by atoms with Crippen molar-refractivity contribution >= 4 is 11.9 Å². The van der Waals surface area contributed by atoms with Crippen LogP contribution in [0, 0.1) is 5.92 Å². The first kappa shape index (κ1) is 19.5. The van der Waals surface area contributed by atoms with E-state index in [9.17, 15) is 19.8 Å². The summed E-state index contributed by atoms with van der Waals surface area (Å²) in [6.45, 7) is 1.85. The minimum Gasteiger partial charge on any atom is -0.549 e. The summed E-state index contributed by atoms with van der Waals surface area (Å²) < 4.78 is 0. The number of hydrogen-bond donors (Lipinski definition) is 0. The molecule has 0 aliphatic heterocycles. The second-order valence-electron chi connectivity index (χ2n) is 2.33. The third-order valence-corrected chi connectivity index (χ3v) is 1.42. The monoisotopic (exact) mass is 204 g/mol. The molecule has 0 atom stereocenters. The molecule has 0 spiro atoms. The van der Waals surface area contributed by atoms with Crippen LogP contribution in [0.3, 0.4) is 0 Å². The Morgan fingerprint density at radius 3 is 1.77 bits per heavy atom. The third-order valence-electron chi connectivity index (χ3n) is 1.42. The van der Waals surface area contributed by atoms with E-state index in [1.54, 1.807) is 0 Å². The quantitative estimate of drug-likeness (QED) is 0.329. The van der Waals surface area contributed by atoms with E-state index in [0.717, 1.165) is 6.42 Å². The smallest absolute Gasteiger partial charge is 0.549 e. The number of carbonyl (C=O) groups is 2. The van der Waals surface area contributed by atoms with E-state index in [4.69, 9.17) is 0 Å². The number of unbranched alkanes of at least 4 members (excludes halogenated alkanes) is 1. The van der Waals surface area contributed by atoms with Gasteiger partial charge in [-0.1, -0.05) is 19.8 Å². The van der Waals surface area contributed by atoms with Crippen molar-refractivity contribution in [3.8, 4) is 0 Å². The average Bonchev–Trinajstić information content (AvgIpc) is 1.87. The number of carbonyl (C=O) groups excluding carboxylic acids is 2. The Labute approximate surface area is 122 Å². The summed E-state index contributed by atoms with van der Waals surface area (Å²) in [7, 11) is 0. The molecule has 0 aromatic carbocycles. The van der Waals surface area contributed by atoms with Gasteiger partial charge in [0.25, 0.3) is 0 Å². The molecule has 0 unspecified atom stereocenters. The van der Waals surface area contributed by atoms with E-state index in [-0.39, 0.29) is 65.5 Å². The Hall–Kier alpha value is 0.940. The molecule has 6 heteroatoms. The van der Waals surface area contributed by atoms with Crippen LogP contribution in [0.15, 0.2) is 0 Å². The van der Waals surface area contributed by atoms with Crippen LogP contribution in [-0.4, -0.2) is 11.9 Å². The summed E-state index contributed by atoms with van der Waals surface area (Å²) in [6, 6.07) is 0. The molecule has 0 amide bonds. The van der Waals surface area contributed by atoms with Crippen molar-refractivity contribution in [2.75, 3.05) is 0 Å². The SMILES string of the molecule is CCCCC(C(=O)[O-])C(=O)[O-].[Na+].[Na+]. The van der Waals surface area contributed by atoms with E-state index in [2.05, 4.69) is 0 Å². The molecule has 0 aromatic heterocycles. The van der Waals surface area contributed by atoms with Crippen molar-refractivity contribution in [1.29, 1.82) is 0 Å². The number of hydrogen-bond acceptors (Lipinski definition) is 4. The molecule has 0 rings (SSSR count). The Kier molecular flexibility index (Phi) is 16.5. The van der Waals surface area contributed by atoms with Gasteiger partial charge in [0, 0.05) is 5.92 Å². The molecule has 0 saturated heterocycles. The standard InChI is InChI=1S/C7H12O4.2Na/c1-2-3-4-5(6(8)9)7(10)11;;/h5H,2-4H2,1H3,(H,8,9)(H,10,11);;/q;2*+1/p-2. The topological polar surface area (TPSA) is 80.3 Å². The van der Waals surface area contributed by atoms with Crippen LogP contribution in [0.5, 0.6) is 0 Å². The molecular formula is C7H10Na2O4. The van der Waals surface area contributed by atoms with Crippen LogP contribution in [0.4, 0.5) is 0 Å². The maximum absolute atomic E-state index is 10.1.